The molecule has 0 unspecified atom stereocenters. The molecule has 0 aliphatic rings. The predicted molar refractivity (Wildman–Crippen MR) is 58.2 cm³/mol. The van der Waals surface area contributed by atoms with E-state index in [1.807, 2.05) is 31.3 Å². The summed E-state index contributed by atoms with van der Waals surface area (Å²) in [6, 6.07) is 8.16. The summed E-state index contributed by atoms with van der Waals surface area (Å²) in [5, 5.41) is 5.88. The lowest BCUT2D eigenvalue weighted by molar-refractivity contribution is -0.114. The van der Waals surface area contributed by atoms with Gasteiger partial charge >= 0.3 is 0 Å². The molecule has 1 aromatic carbocycles. The van der Waals surface area contributed by atoms with Gasteiger partial charge in [0.05, 0.1) is 0 Å². The normalized spacial score (nSPS) is 12.2. The number of anilines is 1. The molecular weight excluding hydrogens is 176 g/mol. The summed E-state index contributed by atoms with van der Waals surface area (Å²) in [5.74, 6) is -0.0422. The molecular formula is C11H16N2O. The van der Waals surface area contributed by atoms with Gasteiger partial charge in [0.2, 0.25) is 5.91 Å². The number of amides is 1. The van der Waals surface area contributed by atoms with Gasteiger partial charge < -0.3 is 10.6 Å². The Kier molecular flexibility index (Phi) is 3.65. The summed E-state index contributed by atoms with van der Waals surface area (Å²) in [6.45, 7) is 3.59. The molecule has 3 nitrogen and oxygen atoms in total. The summed E-state index contributed by atoms with van der Waals surface area (Å²) in [6.07, 6.45) is 0. The minimum absolute atomic E-state index is 0.0422. The summed E-state index contributed by atoms with van der Waals surface area (Å²) in [5.41, 5.74) is 2.05. The Balaban J connectivity index is 2.73. The molecule has 0 spiro atoms. The first kappa shape index (κ1) is 10.7. The Hall–Kier alpha value is -1.35. The van der Waals surface area contributed by atoms with Crippen LogP contribution in [0.5, 0.6) is 0 Å². The number of rotatable bonds is 3. The number of carbonyl (C=O) groups excluding carboxylic acids is 1. The van der Waals surface area contributed by atoms with Crippen LogP contribution in [0.3, 0.4) is 0 Å². The van der Waals surface area contributed by atoms with Crippen molar-refractivity contribution in [2.24, 2.45) is 0 Å². The average Bonchev–Trinajstić information content (AvgIpc) is 2.17. The monoisotopic (exact) mass is 192 g/mol. The summed E-state index contributed by atoms with van der Waals surface area (Å²) < 4.78 is 0. The van der Waals surface area contributed by atoms with Gasteiger partial charge in [0.25, 0.3) is 0 Å². The fraction of sp³-hybridized carbons (Fsp3) is 0.364. The van der Waals surface area contributed by atoms with E-state index < -0.39 is 0 Å². The smallest absolute Gasteiger partial charge is 0.221 e. The maximum atomic E-state index is 10.8. The Bertz CT molecular complexity index is 306. The van der Waals surface area contributed by atoms with Crippen LogP contribution in [0, 0.1) is 0 Å². The highest BCUT2D eigenvalue weighted by Gasteiger charge is 2.01. The highest BCUT2D eigenvalue weighted by Crippen LogP contribution is 2.15. The molecule has 0 fully saturated rings. The molecule has 14 heavy (non-hydrogen) atoms. The van der Waals surface area contributed by atoms with Crippen LogP contribution in [0.25, 0.3) is 0 Å². The van der Waals surface area contributed by atoms with E-state index in [0.717, 1.165) is 5.69 Å². The van der Waals surface area contributed by atoms with Crippen LogP contribution >= 0.6 is 0 Å². The Morgan fingerprint density at radius 1 is 1.29 bits per heavy atom. The van der Waals surface area contributed by atoms with E-state index in [-0.39, 0.29) is 5.91 Å². The molecule has 1 amide bonds. The summed E-state index contributed by atoms with van der Waals surface area (Å²) in [7, 11) is 1.92. The van der Waals surface area contributed by atoms with E-state index in [2.05, 4.69) is 17.6 Å². The van der Waals surface area contributed by atoms with E-state index in [1.165, 1.54) is 12.5 Å². The van der Waals surface area contributed by atoms with Crippen molar-refractivity contribution in [1.82, 2.24) is 5.32 Å². The topological polar surface area (TPSA) is 41.1 Å². The van der Waals surface area contributed by atoms with Gasteiger partial charge in [-0.3, -0.25) is 4.79 Å². The Labute approximate surface area is 84.5 Å². The highest BCUT2D eigenvalue weighted by atomic mass is 16.1. The van der Waals surface area contributed by atoms with Crippen LogP contribution in [-0.2, 0) is 4.79 Å². The first-order valence-corrected chi connectivity index (χ1v) is 4.68. The first-order chi connectivity index (χ1) is 6.63. The van der Waals surface area contributed by atoms with Gasteiger partial charge in [-0.25, -0.2) is 0 Å². The van der Waals surface area contributed by atoms with Crippen molar-refractivity contribution in [2.75, 3.05) is 12.4 Å². The van der Waals surface area contributed by atoms with Crippen LogP contribution in [0.15, 0.2) is 24.3 Å². The molecule has 0 aromatic heterocycles. The third-order valence-corrected chi connectivity index (χ3v) is 2.16. The molecule has 0 aliphatic heterocycles. The molecule has 3 heteroatoms. The third-order valence-electron chi connectivity index (χ3n) is 2.16. The maximum absolute atomic E-state index is 10.8. The van der Waals surface area contributed by atoms with Crippen molar-refractivity contribution < 1.29 is 4.79 Å². The maximum Gasteiger partial charge on any atom is 0.221 e. The molecule has 0 heterocycles. The van der Waals surface area contributed by atoms with Crippen molar-refractivity contribution in [2.45, 2.75) is 19.9 Å². The molecule has 1 atom stereocenters. The Morgan fingerprint density at radius 3 is 2.29 bits per heavy atom. The molecule has 2 N–H and O–H groups in total. The lowest BCUT2D eigenvalue weighted by atomic mass is 10.1. The fourth-order valence-corrected chi connectivity index (χ4v) is 1.23. The lowest BCUT2D eigenvalue weighted by Crippen LogP contribution is -2.12. The molecule has 0 aliphatic carbocycles. The fourth-order valence-electron chi connectivity index (χ4n) is 1.23. The predicted octanol–water partition coefficient (Wildman–Crippen LogP) is 1.93. The van der Waals surface area contributed by atoms with Gasteiger partial charge in [0.15, 0.2) is 0 Å². The molecule has 1 aromatic rings. The number of benzene rings is 1. The SMILES string of the molecule is CN[C@H](C)c1ccc(NC(C)=O)cc1. The first-order valence-electron chi connectivity index (χ1n) is 4.68. The van der Waals surface area contributed by atoms with E-state index in [1.54, 1.807) is 0 Å². The minimum Gasteiger partial charge on any atom is -0.326 e. The number of hydrogen-bond donors (Lipinski definition) is 2. The van der Waals surface area contributed by atoms with E-state index >= 15 is 0 Å². The molecule has 0 saturated carbocycles. The standard InChI is InChI=1S/C11H16N2O/c1-8(12-3)10-4-6-11(7-5-10)13-9(2)14/h4-8,12H,1-3H3,(H,13,14)/t8-/m1/s1. The highest BCUT2D eigenvalue weighted by molar-refractivity contribution is 5.88. The van der Waals surface area contributed by atoms with Crippen molar-refractivity contribution >= 4 is 11.6 Å². The van der Waals surface area contributed by atoms with Crippen molar-refractivity contribution in [3.05, 3.63) is 29.8 Å². The van der Waals surface area contributed by atoms with Crippen LogP contribution in [0.1, 0.15) is 25.5 Å². The van der Waals surface area contributed by atoms with E-state index in [4.69, 9.17) is 0 Å². The van der Waals surface area contributed by atoms with Gasteiger partial charge in [-0.15, -0.1) is 0 Å². The molecule has 76 valence electrons. The molecule has 0 saturated heterocycles. The van der Waals surface area contributed by atoms with E-state index in [9.17, 15) is 4.79 Å². The van der Waals surface area contributed by atoms with Gasteiger partial charge in [0.1, 0.15) is 0 Å². The summed E-state index contributed by atoms with van der Waals surface area (Å²) in [4.78, 5) is 10.8. The quantitative estimate of drug-likeness (QED) is 0.768. The second kappa shape index (κ2) is 4.77. The second-order valence-corrected chi connectivity index (χ2v) is 3.31. The van der Waals surface area contributed by atoms with Gasteiger partial charge in [-0.05, 0) is 31.7 Å². The minimum atomic E-state index is -0.0422. The van der Waals surface area contributed by atoms with Gasteiger partial charge in [-0.2, -0.15) is 0 Å². The van der Waals surface area contributed by atoms with Crippen LogP contribution < -0.4 is 10.6 Å². The summed E-state index contributed by atoms with van der Waals surface area (Å²) >= 11 is 0. The average molecular weight is 192 g/mol. The Morgan fingerprint density at radius 2 is 1.86 bits per heavy atom. The van der Waals surface area contributed by atoms with Crippen molar-refractivity contribution in [1.29, 1.82) is 0 Å². The number of hydrogen-bond acceptors (Lipinski definition) is 2. The number of nitrogens with one attached hydrogen (secondary N) is 2. The van der Waals surface area contributed by atoms with Crippen LogP contribution in [0.2, 0.25) is 0 Å². The zero-order valence-electron chi connectivity index (χ0n) is 8.79. The lowest BCUT2D eigenvalue weighted by Gasteiger charge is -2.11. The van der Waals surface area contributed by atoms with Gasteiger partial charge in [0, 0.05) is 18.7 Å². The zero-order chi connectivity index (χ0) is 10.6. The second-order valence-electron chi connectivity index (χ2n) is 3.31. The van der Waals surface area contributed by atoms with Crippen LogP contribution in [-0.4, -0.2) is 13.0 Å². The molecule has 1 rings (SSSR count). The van der Waals surface area contributed by atoms with E-state index in [0.29, 0.717) is 6.04 Å². The van der Waals surface area contributed by atoms with Crippen LogP contribution in [0.4, 0.5) is 5.69 Å². The van der Waals surface area contributed by atoms with Gasteiger partial charge in [-0.1, -0.05) is 12.1 Å². The third kappa shape index (κ3) is 2.85. The zero-order valence-corrected chi connectivity index (χ0v) is 8.79. The molecule has 0 bridgehead atoms. The largest absolute Gasteiger partial charge is 0.326 e. The number of carbonyl (C=O) groups is 1. The van der Waals surface area contributed by atoms with Crippen molar-refractivity contribution in [3.63, 3.8) is 0 Å². The van der Waals surface area contributed by atoms with Crippen molar-refractivity contribution in [3.8, 4) is 0 Å². The molecule has 0 radical (unpaired) electrons.